The molecule has 1 aliphatic carbocycles. The Balaban J connectivity index is 1.22. The van der Waals surface area contributed by atoms with Gasteiger partial charge in [0.05, 0.1) is 6.04 Å². The van der Waals surface area contributed by atoms with Gasteiger partial charge in [-0.25, -0.2) is 0 Å². The second-order valence-electron chi connectivity index (χ2n) is 11.1. The molecule has 0 radical (unpaired) electrons. The van der Waals surface area contributed by atoms with Crippen molar-refractivity contribution >= 4 is 28.4 Å². The Morgan fingerprint density at radius 3 is 1.60 bits per heavy atom. The molecule has 2 unspecified atom stereocenters. The fourth-order valence-corrected chi connectivity index (χ4v) is 5.57. The zero-order valence-electron chi connectivity index (χ0n) is 25.4. The van der Waals surface area contributed by atoms with Gasteiger partial charge >= 0.3 is 0 Å². The van der Waals surface area contributed by atoms with Gasteiger partial charge in [0.25, 0.3) is 0 Å². The maximum absolute atomic E-state index is 6.16. The van der Waals surface area contributed by atoms with Crippen LogP contribution in [0.25, 0.3) is 0 Å². The van der Waals surface area contributed by atoms with Crippen LogP contribution in [0.1, 0.15) is 6.92 Å². The number of nitrogens with zero attached hydrogens (tertiary/aromatic N) is 2. The van der Waals surface area contributed by atoms with Gasteiger partial charge in [-0.2, -0.15) is 0 Å². The van der Waals surface area contributed by atoms with Crippen molar-refractivity contribution in [3.8, 4) is 17.2 Å². The first-order chi connectivity index (χ1) is 22.0. The molecular weight excluding hydrogens is 556 g/mol. The summed E-state index contributed by atoms with van der Waals surface area (Å²) in [5.74, 6) is 3.35. The molecule has 1 aliphatic rings. The van der Waals surface area contributed by atoms with E-state index >= 15 is 0 Å². The molecule has 226 valence electrons. The molecule has 5 aromatic carbocycles. The molecule has 6 nitrogen and oxygen atoms in total. The Bertz CT molecular complexity index is 1720. The fourth-order valence-electron chi connectivity index (χ4n) is 5.57. The van der Waals surface area contributed by atoms with Crippen LogP contribution < -0.4 is 30.7 Å². The van der Waals surface area contributed by atoms with Gasteiger partial charge in [0.1, 0.15) is 23.0 Å². The van der Waals surface area contributed by atoms with E-state index in [2.05, 4.69) is 102 Å². The highest BCUT2D eigenvalue weighted by atomic mass is 16.5. The summed E-state index contributed by atoms with van der Waals surface area (Å²) in [6.07, 6.45) is 6.53. The monoisotopic (exact) mass is 594 g/mol. The number of allylic oxidation sites excluding steroid dienone is 1. The number of nitrogen functional groups attached to an aromatic ring is 2. The lowest BCUT2D eigenvalue weighted by atomic mass is 9.94. The van der Waals surface area contributed by atoms with Gasteiger partial charge in [-0.15, -0.1) is 0 Å². The average Bonchev–Trinajstić information content (AvgIpc) is 3.07. The van der Waals surface area contributed by atoms with Gasteiger partial charge in [0.2, 0.25) is 0 Å². The maximum Gasteiger partial charge on any atom is 0.127 e. The summed E-state index contributed by atoms with van der Waals surface area (Å²) in [5.41, 5.74) is 16.5. The molecule has 5 aromatic rings. The third-order valence-electron chi connectivity index (χ3n) is 7.88. The minimum Gasteiger partial charge on any atom is -0.458 e. The Labute approximate surface area is 265 Å². The average molecular weight is 595 g/mol. The zero-order chi connectivity index (χ0) is 31.0. The van der Waals surface area contributed by atoms with E-state index in [0.29, 0.717) is 5.69 Å². The van der Waals surface area contributed by atoms with Crippen molar-refractivity contribution in [2.45, 2.75) is 13.0 Å². The number of anilines is 5. The third kappa shape index (κ3) is 7.48. The number of hydrogen-bond acceptors (Lipinski definition) is 6. The molecule has 45 heavy (non-hydrogen) atoms. The van der Waals surface area contributed by atoms with Gasteiger partial charge in [0, 0.05) is 47.4 Å². The summed E-state index contributed by atoms with van der Waals surface area (Å²) in [6, 6.07) is 44.4. The van der Waals surface area contributed by atoms with Crippen molar-refractivity contribution in [2.75, 3.05) is 34.4 Å². The van der Waals surface area contributed by atoms with Crippen molar-refractivity contribution in [3.05, 3.63) is 157 Å². The molecule has 0 aliphatic heterocycles. The highest BCUT2D eigenvalue weighted by molar-refractivity contribution is 5.64. The van der Waals surface area contributed by atoms with Crippen LogP contribution in [-0.4, -0.2) is 19.1 Å². The van der Waals surface area contributed by atoms with E-state index in [9.17, 15) is 0 Å². The number of nitrogens with two attached hydrogens (primary N) is 2. The van der Waals surface area contributed by atoms with Gasteiger partial charge in [-0.3, -0.25) is 0 Å². The minimum atomic E-state index is 0.152. The van der Waals surface area contributed by atoms with Gasteiger partial charge in [-0.1, -0.05) is 49.4 Å². The molecule has 0 saturated carbocycles. The number of ether oxygens (including phenoxy) is 2. The second kappa shape index (κ2) is 13.8. The number of benzene rings is 5. The molecule has 6 rings (SSSR count). The molecular formula is C39H38N4O2. The quantitative estimate of drug-likeness (QED) is 0.149. The van der Waals surface area contributed by atoms with Gasteiger partial charge in [0.15, 0.2) is 0 Å². The van der Waals surface area contributed by atoms with Crippen molar-refractivity contribution < 1.29 is 9.47 Å². The Morgan fingerprint density at radius 1 is 0.556 bits per heavy atom. The van der Waals surface area contributed by atoms with Crippen LogP contribution in [0, 0.1) is 5.92 Å². The number of rotatable bonds is 11. The summed E-state index contributed by atoms with van der Waals surface area (Å²) < 4.78 is 12.2. The Hall–Kier alpha value is -5.62. The molecule has 0 saturated heterocycles. The largest absolute Gasteiger partial charge is 0.458 e. The van der Waals surface area contributed by atoms with Crippen LogP contribution in [0.15, 0.2) is 157 Å². The topological polar surface area (TPSA) is 77.0 Å². The van der Waals surface area contributed by atoms with E-state index in [1.165, 1.54) is 5.69 Å². The van der Waals surface area contributed by atoms with Crippen molar-refractivity contribution in [1.29, 1.82) is 0 Å². The third-order valence-corrected chi connectivity index (χ3v) is 7.88. The number of para-hydroxylation sites is 2. The minimum absolute atomic E-state index is 0.152. The molecule has 0 bridgehead atoms. The summed E-state index contributed by atoms with van der Waals surface area (Å²) in [7, 11) is 0. The highest BCUT2D eigenvalue weighted by Crippen LogP contribution is 2.32. The van der Waals surface area contributed by atoms with Crippen LogP contribution in [-0.2, 0) is 0 Å². The van der Waals surface area contributed by atoms with Crippen molar-refractivity contribution in [1.82, 2.24) is 0 Å². The predicted octanol–water partition coefficient (Wildman–Crippen LogP) is 8.83. The molecule has 2 atom stereocenters. The zero-order valence-corrected chi connectivity index (χ0v) is 25.4. The van der Waals surface area contributed by atoms with Crippen LogP contribution in [0.5, 0.6) is 17.2 Å². The lowest BCUT2D eigenvalue weighted by molar-refractivity contribution is 0.424. The lowest BCUT2D eigenvalue weighted by Gasteiger charge is -2.38. The smallest absolute Gasteiger partial charge is 0.127 e. The Morgan fingerprint density at radius 2 is 1.04 bits per heavy atom. The molecule has 6 heteroatoms. The standard InChI is InChI=1S/C39H38N4O2/c1-29-28-38(45-36-20-14-31(41)15-21-36)24-25-39(29)43(33-10-6-3-7-11-33)27-26-42(32-8-4-2-5-9-32)34-16-22-37(23-17-34)44-35-18-12-30(40)13-19-35/h2-25,28-29,39H,26-27,40-41H2,1H3. The first-order valence-corrected chi connectivity index (χ1v) is 15.2. The van der Waals surface area contributed by atoms with E-state index in [1.807, 2.05) is 66.7 Å². The van der Waals surface area contributed by atoms with Crippen LogP contribution in [0.3, 0.4) is 0 Å². The van der Waals surface area contributed by atoms with Crippen molar-refractivity contribution in [2.24, 2.45) is 5.92 Å². The maximum atomic E-state index is 6.16. The summed E-state index contributed by atoms with van der Waals surface area (Å²) in [5, 5.41) is 0. The molecule has 0 spiro atoms. The normalized spacial score (nSPS) is 15.6. The van der Waals surface area contributed by atoms with Crippen molar-refractivity contribution in [3.63, 3.8) is 0 Å². The van der Waals surface area contributed by atoms with Crippen LogP contribution in [0.4, 0.5) is 28.4 Å². The fraction of sp³-hybridized carbons (Fsp3) is 0.128. The van der Waals surface area contributed by atoms with E-state index in [-0.39, 0.29) is 12.0 Å². The van der Waals surface area contributed by atoms with Gasteiger partial charge < -0.3 is 30.7 Å². The predicted molar refractivity (Wildman–Crippen MR) is 186 cm³/mol. The summed E-state index contributed by atoms with van der Waals surface area (Å²) in [6.45, 7) is 3.81. The van der Waals surface area contributed by atoms with Gasteiger partial charge in [-0.05, 0) is 109 Å². The summed E-state index contributed by atoms with van der Waals surface area (Å²) >= 11 is 0. The van der Waals surface area contributed by atoms with E-state index < -0.39 is 0 Å². The molecule has 0 fully saturated rings. The highest BCUT2D eigenvalue weighted by Gasteiger charge is 2.26. The van der Waals surface area contributed by atoms with Crippen LogP contribution in [0.2, 0.25) is 0 Å². The van der Waals surface area contributed by atoms with Crippen LogP contribution >= 0.6 is 0 Å². The molecule has 0 heterocycles. The number of hydrogen-bond donors (Lipinski definition) is 2. The SMILES string of the molecule is CC1C=C(Oc2ccc(N)cc2)C=CC1N(CCN(c1ccccc1)c1ccc(Oc2ccc(N)cc2)cc1)c1ccccc1. The summed E-state index contributed by atoms with van der Waals surface area (Å²) in [4.78, 5) is 4.83. The Kier molecular flexibility index (Phi) is 9.02. The first kappa shape index (κ1) is 29.5. The molecule has 4 N–H and O–H groups in total. The lowest BCUT2D eigenvalue weighted by Crippen LogP contribution is -2.43. The molecule has 0 amide bonds. The van der Waals surface area contributed by atoms with E-state index in [4.69, 9.17) is 20.9 Å². The van der Waals surface area contributed by atoms with E-state index in [0.717, 1.165) is 53.2 Å². The second-order valence-corrected chi connectivity index (χ2v) is 11.1. The molecule has 0 aromatic heterocycles. The van der Waals surface area contributed by atoms with E-state index in [1.54, 1.807) is 0 Å². The first-order valence-electron chi connectivity index (χ1n) is 15.2.